The fourth-order valence-electron chi connectivity index (χ4n) is 2.08. The molecule has 0 saturated carbocycles. The highest BCUT2D eigenvalue weighted by molar-refractivity contribution is 7.99. The molecule has 0 fully saturated rings. The highest BCUT2D eigenvalue weighted by atomic mass is 32.2. The number of halogens is 3. The Labute approximate surface area is 125 Å². The van der Waals surface area contributed by atoms with E-state index in [0.717, 1.165) is 22.6 Å². The molecule has 1 N–H and O–H groups in total. The van der Waals surface area contributed by atoms with Crippen molar-refractivity contribution in [2.24, 2.45) is 0 Å². The molecule has 116 valence electrons. The third-order valence-corrected chi connectivity index (χ3v) is 4.26. The van der Waals surface area contributed by atoms with Crippen LogP contribution < -0.4 is 5.32 Å². The lowest BCUT2D eigenvalue weighted by atomic mass is 10.0. The molecule has 1 amide bonds. The van der Waals surface area contributed by atoms with Crippen LogP contribution in [0.1, 0.15) is 24.9 Å². The van der Waals surface area contributed by atoms with Crippen molar-refractivity contribution in [3.05, 3.63) is 29.8 Å². The highest BCUT2D eigenvalue weighted by Gasteiger charge is 2.31. The van der Waals surface area contributed by atoms with Crippen molar-refractivity contribution >= 4 is 17.7 Å². The van der Waals surface area contributed by atoms with E-state index in [1.807, 2.05) is 24.3 Å². The maximum atomic E-state index is 12.1. The molecule has 1 aliphatic heterocycles. The number of fused-ring (bicyclic) bond motifs is 1. The minimum absolute atomic E-state index is 0.174. The van der Waals surface area contributed by atoms with E-state index in [9.17, 15) is 18.0 Å². The predicted octanol–water partition coefficient (Wildman–Crippen LogP) is 3.31. The molecule has 0 radical (unpaired) electrons. The van der Waals surface area contributed by atoms with Crippen LogP contribution in [0.25, 0.3) is 0 Å². The lowest BCUT2D eigenvalue weighted by molar-refractivity contribution is -0.185. The van der Waals surface area contributed by atoms with Crippen LogP contribution in [0.2, 0.25) is 0 Å². The first-order valence-electron chi connectivity index (χ1n) is 6.57. The van der Waals surface area contributed by atoms with Crippen molar-refractivity contribution in [3.63, 3.8) is 0 Å². The summed E-state index contributed by atoms with van der Waals surface area (Å²) in [4.78, 5) is 13.0. The summed E-state index contributed by atoms with van der Waals surface area (Å²) in [6.07, 6.45) is -4.81. The smallest absolute Gasteiger partial charge is 0.359 e. The Kier molecular flexibility index (Phi) is 5.16. The zero-order valence-electron chi connectivity index (χ0n) is 11.4. The number of alkyl halides is 3. The maximum absolute atomic E-state index is 12.1. The number of hydrogen-bond donors (Lipinski definition) is 1. The maximum Gasteiger partial charge on any atom is 0.411 e. The summed E-state index contributed by atoms with van der Waals surface area (Å²) >= 11 is 1.71. The Bertz CT molecular complexity index is 507. The van der Waals surface area contributed by atoms with Gasteiger partial charge in [-0.25, -0.2) is 0 Å². The summed E-state index contributed by atoms with van der Waals surface area (Å²) < 4.78 is 40.8. The zero-order chi connectivity index (χ0) is 15.5. The van der Waals surface area contributed by atoms with E-state index in [2.05, 4.69) is 10.1 Å². The topological polar surface area (TPSA) is 38.3 Å². The number of carbonyl (C=O) groups excluding carboxylic acids is 1. The molecule has 3 nitrogen and oxygen atoms in total. The van der Waals surface area contributed by atoms with Gasteiger partial charge in [-0.1, -0.05) is 18.2 Å². The average molecular weight is 319 g/mol. The fourth-order valence-corrected chi connectivity index (χ4v) is 3.20. The third-order valence-electron chi connectivity index (χ3n) is 3.14. The molecule has 1 aliphatic rings. The van der Waals surface area contributed by atoms with Gasteiger partial charge in [0.2, 0.25) is 5.91 Å². The molecule has 0 bridgehead atoms. The Morgan fingerprint density at radius 2 is 2.19 bits per heavy atom. The van der Waals surface area contributed by atoms with E-state index in [1.165, 1.54) is 6.92 Å². The molecular formula is C14H16F3NO2S. The predicted molar refractivity (Wildman–Crippen MR) is 74.1 cm³/mol. The van der Waals surface area contributed by atoms with Crippen LogP contribution >= 0.6 is 11.8 Å². The zero-order valence-corrected chi connectivity index (χ0v) is 12.3. The second-order valence-electron chi connectivity index (χ2n) is 4.80. The Hall–Kier alpha value is -1.21. The molecule has 2 rings (SSSR count). The van der Waals surface area contributed by atoms with Crippen LogP contribution in [0.5, 0.6) is 0 Å². The first-order valence-corrected chi connectivity index (χ1v) is 7.56. The summed E-state index contributed by atoms with van der Waals surface area (Å²) in [5.41, 5.74) is 1.00. The number of ether oxygens (including phenoxy) is 1. The molecule has 1 heterocycles. The van der Waals surface area contributed by atoms with Gasteiger partial charge in [-0.2, -0.15) is 13.2 Å². The highest BCUT2D eigenvalue weighted by Crippen LogP contribution is 2.35. The van der Waals surface area contributed by atoms with E-state index in [1.54, 1.807) is 11.8 Å². The number of rotatable bonds is 4. The van der Waals surface area contributed by atoms with Crippen molar-refractivity contribution in [2.75, 3.05) is 12.4 Å². The van der Waals surface area contributed by atoms with Crippen molar-refractivity contribution in [1.82, 2.24) is 5.32 Å². The molecule has 0 saturated heterocycles. The number of benzene rings is 1. The summed E-state index contributed by atoms with van der Waals surface area (Å²) in [5, 5.41) is 2.77. The number of thioether (sulfide) groups is 1. The number of amides is 1. The first kappa shape index (κ1) is 16.2. The standard InChI is InChI=1S/C14H16F3NO2S/c1-9(20-8-14(15,16)17)13(19)18-11-6-7-21-12-5-3-2-4-10(11)12/h2-5,9,11H,6-8H2,1H3,(H,18,19)/t9-,11-/m0/s1. The van der Waals surface area contributed by atoms with Crippen LogP contribution in [0.3, 0.4) is 0 Å². The lowest BCUT2D eigenvalue weighted by Gasteiger charge is -2.27. The first-order chi connectivity index (χ1) is 9.87. The number of nitrogens with one attached hydrogen (secondary N) is 1. The van der Waals surface area contributed by atoms with Crippen molar-refractivity contribution < 1.29 is 22.7 Å². The monoisotopic (exact) mass is 319 g/mol. The van der Waals surface area contributed by atoms with Gasteiger partial charge in [-0.05, 0) is 25.0 Å². The van der Waals surface area contributed by atoms with E-state index < -0.39 is 24.8 Å². The lowest BCUT2D eigenvalue weighted by Crippen LogP contribution is -2.39. The van der Waals surface area contributed by atoms with E-state index >= 15 is 0 Å². The number of carbonyl (C=O) groups is 1. The van der Waals surface area contributed by atoms with Gasteiger partial charge in [0, 0.05) is 10.6 Å². The van der Waals surface area contributed by atoms with Gasteiger partial charge in [0.1, 0.15) is 12.7 Å². The van der Waals surface area contributed by atoms with Gasteiger partial charge in [0.25, 0.3) is 0 Å². The van der Waals surface area contributed by atoms with E-state index in [0.29, 0.717) is 0 Å². The van der Waals surface area contributed by atoms with Gasteiger partial charge in [-0.15, -0.1) is 11.8 Å². The Morgan fingerprint density at radius 1 is 1.48 bits per heavy atom. The molecule has 7 heteroatoms. The molecule has 0 unspecified atom stereocenters. The molecule has 0 aliphatic carbocycles. The SMILES string of the molecule is C[C@H](OCC(F)(F)F)C(=O)N[C@H]1CCSc2ccccc21. The minimum Gasteiger partial charge on any atom is -0.359 e. The van der Waals surface area contributed by atoms with Crippen molar-refractivity contribution in [1.29, 1.82) is 0 Å². The van der Waals surface area contributed by atoms with Crippen molar-refractivity contribution in [3.8, 4) is 0 Å². The summed E-state index contributed by atoms with van der Waals surface area (Å²) in [5.74, 6) is 0.339. The van der Waals surface area contributed by atoms with Gasteiger partial charge < -0.3 is 10.1 Å². The largest absolute Gasteiger partial charge is 0.411 e. The second kappa shape index (κ2) is 6.70. The molecule has 2 atom stereocenters. The van der Waals surface area contributed by atoms with Gasteiger partial charge in [-0.3, -0.25) is 4.79 Å². The molecule has 1 aromatic carbocycles. The van der Waals surface area contributed by atoms with E-state index in [-0.39, 0.29) is 6.04 Å². The Morgan fingerprint density at radius 3 is 2.90 bits per heavy atom. The van der Waals surface area contributed by atoms with E-state index in [4.69, 9.17) is 0 Å². The summed E-state index contributed by atoms with van der Waals surface area (Å²) in [6.45, 7) is -0.0940. The summed E-state index contributed by atoms with van der Waals surface area (Å²) in [6, 6.07) is 7.53. The van der Waals surface area contributed by atoms with Crippen LogP contribution in [0.4, 0.5) is 13.2 Å². The van der Waals surface area contributed by atoms with Crippen LogP contribution in [-0.2, 0) is 9.53 Å². The number of hydrogen-bond acceptors (Lipinski definition) is 3. The molecule has 1 aromatic rings. The molecule has 0 aromatic heterocycles. The normalized spacial score (nSPS) is 19.7. The quantitative estimate of drug-likeness (QED) is 0.925. The van der Waals surface area contributed by atoms with Crippen LogP contribution in [-0.4, -0.2) is 30.5 Å². The summed E-state index contributed by atoms with van der Waals surface area (Å²) in [7, 11) is 0. The van der Waals surface area contributed by atoms with Gasteiger partial charge in [0.15, 0.2) is 0 Å². The Balaban J connectivity index is 1.94. The minimum atomic E-state index is -4.43. The average Bonchev–Trinajstić information content (AvgIpc) is 2.44. The van der Waals surface area contributed by atoms with Gasteiger partial charge in [0.05, 0.1) is 6.04 Å². The molecule has 21 heavy (non-hydrogen) atoms. The fraction of sp³-hybridized carbons (Fsp3) is 0.500. The van der Waals surface area contributed by atoms with Crippen LogP contribution in [0.15, 0.2) is 29.2 Å². The second-order valence-corrected chi connectivity index (χ2v) is 5.94. The van der Waals surface area contributed by atoms with Crippen LogP contribution in [0, 0.1) is 0 Å². The van der Waals surface area contributed by atoms with Crippen molar-refractivity contribution in [2.45, 2.75) is 36.6 Å². The molecule has 0 spiro atoms. The molecular weight excluding hydrogens is 303 g/mol. The van der Waals surface area contributed by atoms with Gasteiger partial charge >= 0.3 is 6.18 Å². The third kappa shape index (κ3) is 4.64.